The van der Waals surface area contributed by atoms with E-state index in [-0.39, 0.29) is 23.0 Å². The van der Waals surface area contributed by atoms with Gasteiger partial charge in [0.05, 0.1) is 11.4 Å². The van der Waals surface area contributed by atoms with E-state index < -0.39 is 12.1 Å². The van der Waals surface area contributed by atoms with Crippen molar-refractivity contribution < 1.29 is 28.9 Å². The molecule has 10 heteroatoms. The monoisotopic (exact) mass is 560 g/mol. The molecule has 0 radical (unpaired) electrons. The minimum absolute atomic E-state index is 0.0671. The molecule has 4 N–H and O–H groups in total. The Morgan fingerprint density at radius 2 is 1.85 bits per heavy atom. The van der Waals surface area contributed by atoms with Crippen LogP contribution in [-0.4, -0.2) is 70.8 Å². The molecule has 0 bridgehead atoms. The van der Waals surface area contributed by atoms with Gasteiger partial charge in [-0.1, -0.05) is 18.2 Å². The number of nitrogens with zero attached hydrogens (tertiary/aromatic N) is 2. The number of carbonyl (C=O) groups is 2. The number of H-pyrrole nitrogens is 1. The zero-order valence-electron chi connectivity index (χ0n) is 22.8. The summed E-state index contributed by atoms with van der Waals surface area (Å²) in [6.45, 7) is 6.59. The number of para-hydroxylation sites is 2. The number of carboxylic acid groups (broad SMARTS) is 1. The smallest absolute Gasteiger partial charge is 0.339 e. The Morgan fingerprint density at radius 3 is 2.59 bits per heavy atom. The lowest BCUT2D eigenvalue weighted by Crippen LogP contribution is -2.47. The first kappa shape index (κ1) is 28.0. The number of aromatic amines is 1. The maximum absolute atomic E-state index is 13.6. The van der Waals surface area contributed by atoms with Gasteiger partial charge in [-0.25, -0.2) is 9.18 Å². The number of aromatic hydroxyl groups is 1. The average molecular weight is 561 g/mol. The van der Waals surface area contributed by atoms with E-state index in [1.165, 1.54) is 23.8 Å². The normalized spacial score (nSPS) is 16.8. The Kier molecular flexibility index (Phi) is 8.39. The first-order valence-corrected chi connectivity index (χ1v) is 13.6. The summed E-state index contributed by atoms with van der Waals surface area (Å²) < 4.78 is 19.5. The van der Waals surface area contributed by atoms with Gasteiger partial charge in [-0.2, -0.15) is 0 Å². The molecule has 4 aromatic rings. The van der Waals surface area contributed by atoms with E-state index in [2.05, 4.69) is 26.2 Å². The summed E-state index contributed by atoms with van der Waals surface area (Å²) in [5.74, 6) is -0.833. The van der Waals surface area contributed by atoms with Crippen molar-refractivity contribution in [3.63, 3.8) is 0 Å². The van der Waals surface area contributed by atoms with Gasteiger partial charge in [-0.05, 0) is 74.3 Å². The summed E-state index contributed by atoms with van der Waals surface area (Å²) >= 11 is 0. The predicted octanol–water partition coefficient (Wildman–Crippen LogP) is 4.87. The fourth-order valence-corrected chi connectivity index (χ4v) is 5.18. The van der Waals surface area contributed by atoms with Crippen molar-refractivity contribution >= 4 is 34.2 Å². The number of hydrogen-bond acceptors (Lipinski definition) is 6. The summed E-state index contributed by atoms with van der Waals surface area (Å²) in [5, 5.41) is 21.2. The first-order valence-electron chi connectivity index (χ1n) is 13.6. The summed E-state index contributed by atoms with van der Waals surface area (Å²) in [6, 6.07) is 16.6. The van der Waals surface area contributed by atoms with Gasteiger partial charge >= 0.3 is 5.97 Å². The Balaban J connectivity index is 0.000000287. The highest BCUT2D eigenvalue weighted by Gasteiger charge is 2.28. The molecule has 3 heterocycles. The van der Waals surface area contributed by atoms with Gasteiger partial charge in [0.15, 0.2) is 11.9 Å². The fourth-order valence-electron chi connectivity index (χ4n) is 5.18. The fraction of sp³-hybridized carbons (Fsp3) is 0.290. The van der Waals surface area contributed by atoms with Gasteiger partial charge in [-0.3, -0.25) is 9.69 Å². The summed E-state index contributed by atoms with van der Waals surface area (Å²) in [4.78, 5) is 30.2. The molecule has 1 atom stereocenters. The molecule has 9 nitrogen and oxygen atoms in total. The third-order valence-corrected chi connectivity index (χ3v) is 7.41. The van der Waals surface area contributed by atoms with Crippen LogP contribution >= 0.6 is 0 Å². The summed E-state index contributed by atoms with van der Waals surface area (Å²) in [5.41, 5.74) is 3.90. The SMILES string of the molecule is C[C@H]1Oc2c(cccc2N2CCN(CCCc3c[nH]c4ccc(F)cc34)CC2)NC1=O.O=C(O)c1ccccc1O. The second kappa shape index (κ2) is 12.3. The number of benzene rings is 3. The minimum Gasteiger partial charge on any atom is -0.507 e. The maximum atomic E-state index is 13.6. The van der Waals surface area contributed by atoms with Crippen molar-refractivity contribution in [3.05, 3.63) is 83.8 Å². The number of aryl methyl sites for hydroxylation is 1. The highest BCUT2D eigenvalue weighted by Crippen LogP contribution is 2.39. The number of ether oxygens (including phenoxy) is 1. The van der Waals surface area contributed by atoms with Crippen LogP contribution in [0.5, 0.6) is 11.5 Å². The number of aromatic carboxylic acids is 1. The molecule has 2 aliphatic heterocycles. The maximum Gasteiger partial charge on any atom is 0.339 e. The number of anilines is 2. The number of aromatic nitrogens is 1. The van der Waals surface area contributed by atoms with Gasteiger partial charge in [-0.15, -0.1) is 0 Å². The Labute approximate surface area is 237 Å². The number of carboxylic acids is 1. The Hall–Kier alpha value is -4.57. The summed E-state index contributed by atoms with van der Waals surface area (Å²) in [7, 11) is 0. The van der Waals surface area contributed by atoms with E-state index >= 15 is 0 Å². The third kappa shape index (κ3) is 6.44. The number of nitrogens with one attached hydrogen (secondary N) is 2. The molecule has 0 aliphatic carbocycles. The van der Waals surface area contributed by atoms with E-state index in [4.69, 9.17) is 14.9 Å². The van der Waals surface area contributed by atoms with Crippen LogP contribution in [0.3, 0.4) is 0 Å². The van der Waals surface area contributed by atoms with Gasteiger partial charge in [0.1, 0.15) is 17.1 Å². The number of amides is 1. The molecule has 0 spiro atoms. The molecule has 2 aliphatic rings. The van der Waals surface area contributed by atoms with Crippen molar-refractivity contribution in [1.29, 1.82) is 0 Å². The van der Waals surface area contributed by atoms with E-state index in [1.54, 1.807) is 31.2 Å². The molecule has 214 valence electrons. The molecule has 0 saturated carbocycles. The van der Waals surface area contributed by atoms with Crippen LogP contribution < -0.4 is 15.0 Å². The molecule has 0 unspecified atom stereocenters. The highest BCUT2D eigenvalue weighted by molar-refractivity contribution is 5.99. The van der Waals surface area contributed by atoms with E-state index in [9.17, 15) is 14.0 Å². The molecule has 3 aromatic carbocycles. The summed E-state index contributed by atoms with van der Waals surface area (Å²) in [6.07, 6.45) is 3.49. The van der Waals surface area contributed by atoms with Crippen LogP contribution in [-0.2, 0) is 11.2 Å². The highest BCUT2D eigenvalue weighted by atomic mass is 19.1. The second-order valence-corrected chi connectivity index (χ2v) is 10.2. The molecule has 1 saturated heterocycles. The average Bonchev–Trinajstić information content (AvgIpc) is 3.36. The number of piperazine rings is 1. The quantitative estimate of drug-likeness (QED) is 0.266. The van der Waals surface area contributed by atoms with Gasteiger partial charge < -0.3 is 30.2 Å². The lowest BCUT2D eigenvalue weighted by atomic mass is 10.1. The van der Waals surface area contributed by atoms with Crippen molar-refractivity contribution in [2.75, 3.05) is 42.9 Å². The zero-order chi connectivity index (χ0) is 28.9. The van der Waals surface area contributed by atoms with Gasteiger partial charge in [0, 0.05) is 43.3 Å². The molecule has 6 rings (SSSR count). The Bertz CT molecular complexity index is 1550. The van der Waals surface area contributed by atoms with Crippen LogP contribution in [0.1, 0.15) is 29.3 Å². The molecule has 41 heavy (non-hydrogen) atoms. The zero-order valence-corrected chi connectivity index (χ0v) is 22.8. The van der Waals surface area contributed by atoms with Crippen molar-refractivity contribution in [1.82, 2.24) is 9.88 Å². The molecule has 1 amide bonds. The van der Waals surface area contributed by atoms with E-state index in [0.717, 1.165) is 73.6 Å². The predicted molar refractivity (Wildman–Crippen MR) is 155 cm³/mol. The number of hydrogen-bond donors (Lipinski definition) is 4. The molecular formula is C31H33FN4O5. The van der Waals surface area contributed by atoms with Gasteiger partial charge in [0.25, 0.3) is 5.91 Å². The van der Waals surface area contributed by atoms with Crippen LogP contribution in [0.25, 0.3) is 10.9 Å². The van der Waals surface area contributed by atoms with Crippen LogP contribution in [0, 0.1) is 5.82 Å². The lowest BCUT2D eigenvalue weighted by Gasteiger charge is -2.38. The Morgan fingerprint density at radius 1 is 1.07 bits per heavy atom. The van der Waals surface area contributed by atoms with E-state index in [0.29, 0.717) is 0 Å². The van der Waals surface area contributed by atoms with Crippen LogP contribution in [0.4, 0.5) is 15.8 Å². The third-order valence-electron chi connectivity index (χ3n) is 7.41. The minimum atomic E-state index is -1.11. The van der Waals surface area contributed by atoms with Crippen molar-refractivity contribution in [2.24, 2.45) is 0 Å². The number of carbonyl (C=O) groups excluding carboxylic acids is 1. The van der Waals surface area contributed by atoms with Crippen molar-refractivity contribution in [2.45, 2.75) is 25.9 Å². The van der Waals surface area contributed by atoms with Crippen molar-refractivity contribution in [3.8, 4) is 11.5 Å². The second-order valence-electron chi connectivity index (χ2n) is 10.2. The van der Waals surface area contributed by atoms with Gasteiger partial charge in [0.2, 0.25) is 0 Å². The lowest BCUT2D eigenvalue weighted by molar-refractivity contribution is -0.122. The number of phenols is 1. The number of rotatable bonds is 6. The van der Waals surface area contributed by atoms with Crippen LogP contribution in [0.15, 0.2) is 66.9 Å². The molecule has 1 aromatic heterocycles. The topological polar surface area (TPSA) is 118 Å². The molecular weight excluding hydrogens is 527 g/mol. The van der Waals surface area contributed by atoms with Crippen LogP contribution in [0.2, 0.25) is 0 Å². The molecule has 1 fully saturated rings. The first-order chi connectivity index (χ1) is 19.8. The number of halogens is 1. The standard InChI is InChI=1S/C24H27FN4O2.C7H6O3/c1-16-24(30)27-21-5-2-6-22(23(21)31-16)29-12-10-28(11-13-29)9-3-4-17-15-26-20-8-7-18(25)14-19(17)20;8-6-4-2-1-3-5(6)7(9)10/h2,5-8,14-16,26H,3-4,9-13H2,1H3,(H,27,30);1-4,8H,(H,9,10)/t16-;/m1./s1. The largest absolute Gasteiger partial charge is 0.507 e. The number of fused-ring (bicyclic) bond motifs is 2. The van der Waals surface area contributed by atoms with E-state index in [1.807, 2.05) is 18.3 Å².